The van der Waals surface area contributed by atoms with Gasteiger partial charge >= 0.3 is 0 Å². The molecular weight excluding hydrogens is 350 g/mol. The number of amides is 1. The van der Waals surface area contributed by atoms with Gasteiger partial charge in [0.1, 0.15) is 5.82 Å². The summed E-state index contributed by atoms with van der Waals surface area (Å²) in [4.78, 5) is 22.2. The molecule has 0 bridgehead atoms. The number of benzene rings is 1. The van der Waals surface area contributed by atoms with Crippen LogP contribution in [0.2, 0.25) is 0 Å². The molecule has 1 amide bonds. The Hall–Kier alpha value is -3.41. The first kappa shape index (κ1) is 19.4. The summed E-state index contributed by atoms with van der Waals surface area (Å²) in [6.07, 6.45) is 11.5. The Morgan fingerprint density at radius 2 is 2.04 bits per heavy atom. The number of carbonyl (C=O) groups excluding carboxylic acids is 1. The highest BCUT2D eigenvalue weighted by molar-refractivity contribution is 5.86. The summed E-state index contributed by atoms with van der Waals surface area (Å²) in [5.74, 6) is 1.22. The van der Waals surface area contributed by atoms with E-state index in [-0.39, 0.29) is 5.91 Å². The van der Waals surface area contributed by atoms with Crippen LogP contribution in [-0.4, -0.2) is 27.8 Å². The molecule has 6 heteroatoms. The first-order valence-electron chi connectivity index (χ1n) is 9.26. The molecule has 0 saturated carbocycles. The molecule has 3 rings (SSSR count). The number of rotatable bonds is 7. The van der Waals surface area contributed by atoms with E-state index in [1.165, 1.54) is 6.08 Å². The third-order valence-corrected chi connectivity index (χ3v) is 4.41. The summed E-state index contributed by atoms with van der Waals surface area (Å²) in [6, 6.07) is 7.93. The van der Waals surface area contributed by atoms with Gasteiger partial charge < -0.3 is 15.5 Å². The van der Waals surface area contributed by atoms with Crippen molar-refractivity contribution >= 4 is 23.4 Å². The van der Waals surface area contributed by atoms with Gasteiger partial charge in [0.05, 0.1) is 0 Å². The number of nitrogens with zero attached hydrogens (tertiary/aromatic N) is 3. The third kappa shape index (κ3) is 5.07. The number of hydrogen-bond acceptors (Lipinski definition) is 5. The van der Waals surface area contributed by atoms with Gasteiger partial charge in [-0.1, -0.05) is 30.9 Å². The molecule has 1 aromatic carbocycles. The van der Waals surface area contributed by atoms with Crippen LogP contribution in [0.4, 0.5) is 17.5 Å². The van der Waals surface area contributed by atoms with Gasteiger partial charge in [0.2, 0.25) is 11.9 Å². The lowest BCUT2D eigenvalue weighted by Crippen LogP contribution is -2.23. The van der Waals surface area contributed by atoms with Gasteiger partial charge in [-0.2, -0.15) is 4.98 Å². The van der Waals surface area contributed by atoms with E-state index < -0.39 is 0 Å². The Kier molecular flexibility index (Phi) is 6.22. The van der Waals surface area contributed by atoms with Gasteiger partial charge in [-0.3, -0.25) is 4.79 Å². The molecule has 1 aliphatic rings. The molecule has 0 spiro atoms. The SMILES string of the molecule is C=CC(=O)N(C)Cc1ccc(Nc2nc(NC3=CCCC=C3)ncc2C)cc1. The fourth-order valence-electron chi connectivity index (χ4n) is 2.80. The molecular formula is C22H25N5O. The Morgan fingerprint density at radius 3 is 2.71 bits per heavy atom. The molecule has 0 unspecified atom stereocenters. The van der Waals surface area contributed by atoms with Gasteiger partial charge in [0.15, 0.2) is 0 Å². The van der Waals surface area contributed by atoms with Crippen LogP contribution < -0.4 is 10.6 Å². The van der Waals surface area contributed by atoms with Crippen molar-refractivity contribution in [2.75, 3.05) is 17.7 Å². The fourth-order valence-corrected chi connectivity index (χ4v) is 2.80. The maximum Gasteiger partial charge on any atom is 0.245 e. The number of aromatic nitrogens is 2. The van der Waals surface area contributed by atoms with E-state index in [1.807, 2.05) is 37.3 Å². The maximum absolute atomic E-state index is 11.6. The lowest BCUT2D eigenvalue weighted by Gasteiger charge is -2.16. The molecule has 0 radical (unpaired) electrons. The molecule has 28 heavy (non-hydrogen) atoms. The number of nitrogens with one attached hydrogen (secondary N) is 2. The molecule has 1 aromatic heterocycles. The lowest BCUT2D eigenvalue weighted by atomic mass is 10.1. The summed E-state index contributed by atoms with van der Waals surface area (Å²) < 4.78 is 0. The van der Waals surface area contributed by atoms with E-state index in [0.717, 1.165) is 41.2 Å². The van der Waals surface area contributed by atoms with Crippen molar-refractivity contribution in [3.05, 3.63) is 78.2 Å². The zero-order chi connectivity index (χ0) is 19.9. The van der Waals surface area contributed by atoms with Crippen molar-refractivity contribution in [1.29, 1.82) is 0 Å². The first-order chi connectivity index (χ1) is 13.5. The molecule has 0 saturated heterocycles. The van der Waals surface area contributed by atoms with Crippen LogP contribution in [0.25, 0.3) is 0 Å². The topological polar surface area (TPSA) is 70.2 Å². The summed E-state index contributed by atoms with van der Waals surface area (Å²) in [5.41, 5.74) is 3.94. The second-order valence-corrected chi connectivity index (χ2v) is 6.71. The van der Waals surface area contributed by atoms with Gasteiger partial charge in [0.25, 0.3) is 0 Å². The molecule has 0 atom stereocenters. The second kappa shape index (κ2) is 8.99. The maximum atomic E-state index is 11.6. The predicted molar refractivity (Wildman–Crippen MR) is 113 cm³/mol. The number of aryl methyl sites for hydroxylation is 1. The Bertz CT molecular complexity index is 915. The van der Waals surface area contributed by atoms with Crippen molar-refractivity contribution in [3.8, 4) is 0 Å². The standard InChI is InChI=1S/C22H25N5O/c1-4-20(28)27(3)15-17-10-12-19(13-11-17)24-21-16(2)14-23-22(26-21)25-18-8-6-5-7-9-18/h4,6,8-14H,1,5,7,15H2,2-3H3,(H2,23,24,25,26). The minimum Gasteiger partial charge on any atom is -0.340 e. The van der Waals surface area contributed by atoms with Crippen LogP contribution in [-0.2, 0) is 11.3 Å². The summed E-state index contributed by atoms with van der Waals surface area (Å²) >= 11 is 0. The second-order valence-electron chi connectivity index (χ2n) is 6.71. The van der Waals surface area contributed by atoms with E-state index in [9.17, 15) is 4.79 Å². The van der Waals surface area contributed by atoms with Gasteiger partial charge in [-0.15, -0.1) is 0 Å². The van der Waals surface area contributed by atoms with Crippen LogP contribution >= 0.6 is 0 Å². The highest BCUT2D eigenvalue weighted by atomic mass is 16.2. The Labute approximate surface area is 165 Å². The molecule has 144 valence electrons. The minimum atomic E-state index is -0.0956. The Morgan fingerprint density at radius 1 is 1.25 bits per heavy atom. The zero-order valence-electron chi connectivity index (χ0n) is 16.3. The van der Waals surface area contributed by atoms with E-state index in [4.69, 9.17) is 0 Å². The van der Waals surface area contributed by atoms with Crippen molar-refractivity contribution in [2.45, 2.75) is 26.3 Å². The van der Waals surface area contributed by atoms with E-state index in [0.29, 0.717) is 12.5 Å². The van der Waals surface area contributed by atoms with E-state index >= 15 is 0 Å². The van der Waals surface area contributed by atoms with E-state index in [2.05, 4.69) is 39.3 Å². The van der Waals surface area contributed by atoms with Crippen LogP contribution in [0.15, 0.2) is 67.0 Å². The quantitative estimate of drug-likeness (QED) is 0.706. The summed E-state index contributed by atoms with van der Waals surface area (Å²) in [7, 11) is 1.76. The highest BCUT2D eigenvalue weighted by Crippen LogP contribution is 2.21. The zero-order valence-corrected chi connectivity index (χ0v) is 16.3. The number of hydrogen-bond donors (Lipinski definition) is 2. The van der Waals surface area contributed by atoms with Crippen molar-refractivity contribution in [3.63, 3.8) is 0 Å². The molecule has 1 heterocycles. The van der Waals surface area contributed by atoms with Crippen LogP contribution in [0.3, 0.4) is 0 Å². The monoisotopic (exact) mass is 375 g/mol. The van der Waals surface area contributed by atoms with Crippen LogP contribution in [0, 0.1) is 6.92 Å². The highest BCUT2D eigenvalue weighted by Gasteiger charge is 2.08. The minimum absolute atomic E-state index is 0.0956. The van der Waals surface area contributed by atoms with E-state index in [1.54, 1.807) is 18.1 Å². The summed E-state index contributed by atoms with van der Waals surface area (Å²) in [6.45, 7) is 6.02. The van der Waals surface area contributed by atoms with Crippen LogP contribution in [0.5, 0.6) is 0 Å². The number of allylic oxidation sites excluding steroid dienone is 3. The normalized spacial score (nSPS) is 12.9. The average molecular weight is 375 g/mol. The molecule has 2 aromatic rings. The number of anilines is 3. The van der Waals surface area contributed by atoms with Crippen molar-refractivity contribution in [1.82, 2.24) is 14.9 Å². The largest absolute Gasteiger partial charge is 0.340 e. The molecule has 6 nitrogen and oxygen atoms in total. The van der Waals surface area contributed by atoms with Gasteiger partial charge in [-0.25, -0.2) is 4.98 Å². The van der Waals surface area contributed by atoms with Crippen molar-refractivity contribution < 1.29 is 4.79 Å². The third-order valence-electron chi connectivity index (χ3n) is 4.41. The predicted octanol–water partition coefficient (Wildman–Crippen LogP) is 4.32. The first-order valence-corrected chi connectivity index (χ1v) is 9.26. The fraction of sp³-hybridized carbons (Fsp3) is 0.227. The smallest absolute Gasteiger partial charge is 0.245 e. The Balaban J connectivity index is 1.68. The van der Waals surface area contributed by atoms with Crippen molar-refractivity contribution in [2.24, 2.45) is 0 Å². The molecule has 0 fully saturated rings. The summed E-state index contributed by atoms with van der Waals surface area (Å²) in [5, 5.41) is 6.59. The van der Waals surface area contributed by atoms with Crippen LogP contribution in [0.1, 0.15) is 24.0 Å². The number of carbonyl (C=O) groups is 1. The van der Waals surface area contributed by atoms with Gasteiger partial charge in [0, 0.05) is 36.7 Å². The average Bonchev–Trinajstić information content (AvgIpc) is 2.72. The van der Waals surface area contributed by atoms with Gasteiger partial charge in [-0.05, 0) is 49.6 Å². The number of likely N-dealkylation sites (N-methyl/N-ethyl adjacent to an activating group) is 1. The lowest BCUT2D eigenvalue weighted by molar-refractivity contribution is -0.125. The molecule has 1 aliphatic carbocycles. The molecule has 0 aliphatic heterocycles. The molecule has 2 N–H and O–H groups in total.